The number of carbonyl (C=O) groups is 2. The molecule has 0 unspecified atom stereocenters. The van der Waals surface area contributed by atoms with Crippen molar-refractivity contribution < 1.29 is 23.7 Å². The zero-order chi connectivity index (χ0) is 21.8. The van der Waals surface area contributed by atoms with Gasteiger partial charge in [0.1, 0.15) is 21.9 Å². The zero-order valence-corrected chi connectivity index (χ0v) is 16.2. The Balaban J connectivity index is 1.77. The van der Waals surface area contributed by atoms with E-state index in [2.05, 4.69) is 10.9 Å². The second kappa shape index (κ2) is 8.62. The Morgan fingerprint density at radius 1 is 1.13 bits per heavy atom. The first-order chi connectivity index (χ1) is 14.3. The molecule has 30 heavy (non-hydrogen) atoms. The summed E-state index contributed by atoms with van der Waals surface area (Å²) in [5.41, 5.74) is 2.56. The molecule has 3 aromatic rings. The Bertz CT molecular complexity index is 1220. The molecule has 0 spiro atoms. The maximum Gasteiger partial charge on any atom is 0.349 e. The molecule has 0 aliphatic heterocycles. The molecule has 0 saturated heterocycles. The fraction of sp³-hybridized carbons (Fsp3) is 0.105. The lowest BCUT2D eigenvalue weighted by atomic mass is 10.1. The van der Waals surface area contributed by atoms with Crippen molar-refractivity contribution in [2.45, 2.75) is 6.92 Å². The van der Waals surface area contributed by atoms with Crippen molar-refractivity contribution in [2.24, 2.45) is 0 Å². The van der Waals surface area contributed by atoms with Crippen LogP contribution in [0.25, 0.3) is 11.0 Å². The molecule has 154 valence electrons. The number of amides is 2. The van der Waals surface area contributed by atoms with Crippen molar-refractivity contribution in [3.05, 3.63) is 79.1 Å². The van der Waals surface area contributed by atoms with Gasteiger partial charge in [-0.1, -0.05) is 11.6 Å². The molecule has 2 N–H and O–H groups in total. The van der Waals surface area contributed by atoms with Crippen molar-refractivity contribution in [2.75, 3.05) is 6.61 Å². The van der Waals surface area contributed by atoms with Crippen LogP contribution in [0.3, 0.4) is 0 Å². The fourth-order valence-electron chi connectivity index (χ4n) is 2.55. The van der Waals surface area contributed by atoms with Gasteiger partial charge in [-0.25, -0.2) is 4.79 Å². The lowest BCUT2D eigenvalue weighted by Crippen LogP contribution is -2.43. The third-order valence-corrected chi connectivity index (χ3v) is 4.28. The first-order valence-electron chi connectivity index (χ1n) is 8.55. The summed E-state index contributed by atoms with van der Waals surface area (Å²) in [5.74, 6) is -1.25. The number of nitrogens with one attached hydrogen (secondary N) is 2. The Morgan fingerprint density at radius 2 is 1.87 bits per heavy atom. The minimum atomic E-state index is -0.920. The number of nitro groups is 1. The molecule has 11 heteroatoms. The summed E-state index contributed by atoms with van der Waals surface area (Å²) in [6.45, 7) is 2.25. The van der Waals surface area contributed by atoms with Gasteiger partial charge in [0, 0.05) is 23.1 Å². The molecule has 0 bridgehead atoms. The van der Waals surface area contributed by atoms with Crippen LogP contribution < -0.4 is 21.2 Å². The van der Waals surface area contributed by atoms with Crippen LogP contribution >= 0.6 is 11.6 Å². The quantitative estimate of drug-likeness (QED) is 0.359. The number of ether oxygens (including phenoxy) is 1. The number of halogens is 1. The molecule has 0 aliphatic rings. The van der Waals surface area contributed by atoms with E-state index in [4.69, 9.17) is 20.8 Å². The number of benzene rings is 2. The summed E-state index contributed by atoms with van der Waals surface area (Å²) in [6, 6.07) is 9.50. The van der Waals surface area contributed by atoms with Crippen LogP contribution in [0.15, 0.2) is 51.7 Å². The fourth-order valence-corrected chi connectivity index (χ4v) is 2.74. The summed E-state index contributed by atoms with van der Waals surface area (Å²) >= 11 is 5.70. The number of nitro benzene ring substituents is 1. The predicted molar refractivity (Wildman–Crippen MR) is 107 cm³/mol. The minimum Gasteiger partial charge on any atom is -0.494 e. The smallest absolute Gasteiger partial charge is 0.349 e. The number of hydrazine groups is 1. The molecule has 1 aromatic heterocycles. The molecule has 0 saturated carbocycles. The van der Waals surface area contributed by atoms with Crippen LogP contribution in [0.4, 0.5) is 5.69 Å². The number of hydrogen-bond acceptors (Lipinski definition) is 7. The van der Waals surface area contributed by atoms with Gasteiger partial charge in [-0.2, -0.15) is 0 Å². The normalized spacial score (nSPS) is 10.5. The zero-order valence-electron chi connectivity index (χ0n) is 15.4. The molecule has 0 fully saturated rings. The van der Waals surface area contributed by atoms with Crippen LogP contribution in [-0.4, -0.2) is 23.3 Å². The summed E-state index contributed by atoms with van der Waals surface area (Å²) in [6.07, 6.45) is 0. The Hall–Kier alpha value is -3.92. The number of rotatable bonds is 5. The summed E-state index contributed by atoms with van der Waals surface area (Å²) < 4.78 is 10.5. The van der Waals surface area contributed by atoms with E-state index in [-0.39, 0.29) is 21.7 Å². The van der Waals surface area contributed by atoms with E-state index in [1.54, 1.807) is 12.1 Å². The molecule has 3 rings (SSSR count). The van der Waals surface area contributed by atoms with E-state index in [9.17, 15) is 24.5 Å². The molecule has 1 heterocycles. The highest BCUT2D eigenvalue weighted by atomic mass is 35.5. The monoisotopic (exact) mass is 431 g/mol. The maximum absolute atomic E-state index is 12.3. The highest BCUT2D eigenvalue weighted by Crippen LogP contribution is 2.25. The molecular weight excluding hydrogens is 418 g/mol. The van der Waals surface area contributed by atoms with E-state index in [0.29, 0.717) is 17.7 Å². The van der Waals surface area contributed by atoms with Crippen molar-refractivity contribution in [1.29, 1.82) is 0 Å². The second-order valence-corrected chi connectivity index (χ2v) is 6.32. The highest BCUT2D eigenvalue weighted by Gasteiger charge is 2.18. The lowest BCUT2D eigenvalue weighted by Gasteiger charge is -2.08. The van der Waals surface area contributed by atoms with Gasteiger partial charge < -0.3 is 9.15 Å². The molecule has 0 radical (unpaired) electrons. The van der Waals surface area contributed by atoms with Crippen LogP contribution in [0.1, 0.15) is 27.6 Å². The summed E-state index contributed by atoms with van der Waals surface area (Å²) in [4.78, 5) is 46.8. The standard InChI is InChI=1S/C19H14ClN3O7/c1-2-29-12-5-3-10-7-13(19(26)30-16(10)9-12)18(25)22-21-17(24)11-4-6-14(20)15(8-11)23(27)28/h3-9H,2H2,1H3,(H,21,24)(H,22,25). The molecule has 2 amide bonds. The maximum atomic E-state index is 12.3. The second-order valence-electron chi connectivity index (χ2n) is 5.91. The first kappa shape index (κ1) is 20.8. The summed E-state index contributed by atoms with van der Waals surface area (Å²) in [5, 5.41) is 11.3. The van der Waals surface area contributed by atoms with E-state index < -0.39 is 28.1 Å². The molecule has 0 aliphatic carbocycles. The minimum absolute atomic E-state index is 0.111. The Kier molecular flexibility index (Phi) is 5.98. The molecule has 2 aromatic carbocycles. The number of nitrogens with zero attached hydrogens (tertiary/aromatic N) is 1. The van der Waals surface area contributed by atoms with E-state index in [1.165, 1.54) is 24.3 Å². The Morgan fingerprint density at radius 3 is 2.57 bits per heavy atom. The van der Waals surface area contributed by atoms with Crippen LogP contribution in [0, 0.1) is 10.1 Å². The number of fused-ring (bicyclic) bond motifs is 1. The van der Waals surface area contributed by atoms with Crippen LogP contribution in [0.5, 0.6) is 5.75 Å². The van der Waals surface area contributed by atoms with Crippen molar-refractivity contribution in [1.82, 2.24) is 10.9 Å². The van der Waals surface area contributed by atoms with E-state index >= 15 is 0 Å². The van der Waals surface area contributed by atoms with E-state index in [0.717, 1.165) is 6.07 Å². The molecular formula is C19H14ClN3O7. The summed E-state index contributed by atoms with van der Waals surface area (Å²) in [7, 11) is 0. The molecule has 10 nitrogen and oxygen atoms in total. The molecule has 0 atom stereocenters. The van der Waals surface area contributed by atoms with Gasteiger partial charge in [0.15, 0.2) is 0 Å². The van der Waals surface area contributed by atoms with Gasteiger partial charge >= 0.3 is 5.63 Å². The van der Waals surface area contributed by atoms with Gasteiger partial charge in [0.2, 0.25) is 0 Å². The van der Waals surface area contributed by atoms with Crippen LogP contribution in [-0.2, 0) is 0 Å². The van der Waals surface area contributed by atoms with Crippen molar-refractivity contribution >= 4 is 40.1 Å². The SMILES string of the molecule is CCOc1ccc2cc(C(=O)NNC(=O)c3ccc(Cl)c([N+](=O)[O-])c3)c(=O)oc2c1. The van der Waals surface area contributed by atoms with Gasteiger partial charge in [-0.05, 0) is 37.3 Å². The number of carbonyl (C=O) groups excluding carboxylic acids is 2. The van der Waals surface area contributed by atoms with Gasteiger partial charge in [0.05, 0.1) is 11.5 Å². The average molecular weight is 432 g/mol. The van der Waals surface area contributed by atoms with Crippen molar-refractivity contribution in [3.63, 3.8) is 0 Å². The number of hydrogen-bond donors (Lipinski definition) is 2. The highest BCUT2D eigenvalue weighted by molar-refractivity contribution is 6.32. The van der Waals surface area contributed by atoms with Crippen LogP contribution in [0.2, 0.25) is 5.02 Å². The third kappa shape index (κ3) is 4.39. The van der Waals surface area contributed by atoms with Gasteiger partial charge in [-0.3, -0.25) is 30.6 Å². The lowest BCUT2D eigenvalue weighted by molar-refractivity contribution is -0.384. The first-order valence-corrected chi connectivity index (χ1v) is 8.93. The van der Waals surface area contributed by atoms with Gasteiger partial charge in [-0.15, -0.1) is 0 Å². The predicted octanol–water partition coefficient (Wildman–Crippen LogP) is 2.83. The van der Waals surface area contributed by atoms with Gasteiger partial charge in [0.25, 0.3) is 17.5 Å². The largest absolute Gasteiger partial charge is 0.494 e. The van der Waals surface area contributed by atoms with Crippen molar-refractivity contribution in [3.8, 4) is 5.75 Å². The third-order valence-electron chi connectivity index (χ3n) is 3.96. The average Bonchev–Trinajstić information content (AvgIpc) is 2.71. The van der Waals surface area contributed by atoms with E-state index in [1.807, 2.05) is 6.92 Å². The Labute approximate surface area is 173 Å². The topological polar surface area (TPSA) is 141 Å².